The van der Waals surface area contributed by atoms with Crippen LogP contribution in [0.1, 0.15) is 39.0 Å². The highest BCUT2D eigenvalue weighted by Gasteiger charge is 2.43. The Labute approximate surface area is 138 Å². The summed E-state index contributed by atoms with van der Waals surface area (Å²) in [7, 11) is 1.41. The molecule has 1 aliphatic carbocycles. The standard InChI is InChI=1S/C14H25N3O2.HI/c1-3-15-13(16-9-5-12(18)19-2)17-10-8-14(11-17)6-4-7-14;/h3-11H2,1-2H3,(H,15,16);1H. The summed E-state index contributed by atoms with van der Waals surface area (Å²) in [6.45, 7) is 5.64. The number of hydrogen-bond acceptors (Lipinski definition) is 3. The van der Waals surface area contributed by atoms with Crippen molar-refractivity contribution in [2.75, 3.05) is 33.3 Å². The number of methoxy groups -OCH3 is 1. The molecule has 0 unspecified atom stereocenters. The van der Waals surface area contributed by atoms with Gasteiger partial charge in [0.15, 0.2) is 5.96 Å². The van der Waals surface area contributed by atoms with E-state index in [9.17, 15) is 4.79 Å². The Balaban J connectivity index is 0.00000200. The summed E-state index contributed by atoms with van der Waals surface area (Å²) in [4.78, 5) is 18.0. The first-order chi connectivity index (χ1) is 9.19. The van der Waals surface area contributed by atoms with E-state index in [2.05, 4.69) is 26.9 Å². The Hall–Kier alpha value is -0.530. The van der Waals surface area contributed by atoms with Crippen molar-refractivity contribution in [2.24, 2.45) is 10.4 Å². The highest BCUT2D eigenvalue weighted by molar-refractivity contribution is 14.0. The molecule has 1 saturated heterocycles. The van der Waals surface area contributed by atoms with Crippen LogP contribution in [0.15, 0.2) is 4.99 Å². The van der Waals surface area contributed by atoms with E-state index in [0.29, 0.717) is 18.4 Å². The number of carbonyl (C=O) groups is 1. The van der Waals surface area contributed by atoms with Crippen LogP contribution >= 0.6 is 24.0 Å². The second-order valence-electron chi connectivity index (χ2n) is 5.59. The second-order valence-corrected chi connectivity index (χ2v) is 5.59. The molecule has 5 nitrogen and oxygen atoms in total. The average Bonchev–Trinajstić information content (AvgIpc) is 2.82. The first-order valence-corrected chi connectivity index (χ1v) is 7.29. The summed E-state index contributed by atoms with van der Waals surface area (Å²) in [6.07, 6.45) is 5.75. The topological polar surface area (TPSA) is 53.9 Å². The van der Waals surface area contributed by atoms with Gasteiger partial charge in [-0.2, -0.15) is 0 Å². The Kier molecular flexibility index (Phi) is 7.05. The van der Waals surface area contributed by atoms with E-state index in [1.165, 1.54) is 32.8 Å². The SMILES string of the molecule is CCNC(=NCCC(=O)OC)N1CCC2(CCC2)C1.I. The molecule has 116 valence electrons. The molecule has 20 heavy (non-hydrogen) atoms. The molecule has 2 fully saturated rings. The molecule has 0 aromatic rings. The van der Waals surface area contributed by atoms with Gasteiger partial charge in [-0.25, -0.2) is 0 Å². The minimum absolute atomic E-state index is 0. The van der Waals surface area contributed by atoms with Crippen LogP contribution in [0.5, 0.6) is 0 Å². The molecule has 6 heteroatoms. The lowest BCUT2D eigenvalue weighted by Crippen LogP contribution is -2.42. The molecule has 2 rings (SSSR count). The molecule has 0 aromatic heterocycles. The van der Waals surface area contributed by atoms with E-state index < -0.39 is 0 Å². The maximum absolute atomic E-state index is 11.1. The monoisotopic (exact) mass is 395 g/mol. The zero-order valence-electron chi connectivity index (χ0n) is 12.5. The zero-order chi connectivity index (χ0) is 13.7. The number of guanidine groups is 1. The van der Waals surface area contributed by atoms with Crippen molar-refractivity contribution in [1.82, 2.24) is 10.2 Å². The third-order valence-corrected chi connectivity index (χ3v) is 4.29. The summed E-state index contributed by atoms with van der Waals surface area (Å²) in [5, 5.41) is 3.33. The van der Waals surface area contributed by atoms with Gasteiger partial charge in [0.05, 0.1) is 20.1 Å². The maximum Gasteiger partial charge on any atom is 0.307 e. The van der Waals surface area contributed by atoms with Gasteiger partial charge in [-0.15, -0.1) is 24.0 Å². The van der Waals surface area contributed by atoms with Gasteiger partial charge in [0.1, 0.15) is 0 Å². The number of aliphatic imine (C=N–C) groups is 1. The summed E-state index contributed by atoms with van der Waals surface area (Å²) < 4.78 is 4.63. The van der Waals surface area contributed by atoms with Gasteiger partial charge in [0, 0.05) is 19.6 Å². The fraction of sp³-hybridized carbons (Fsp3) is 0.857. The smallest absolute Gasteiger partial charge is 0.307 e. The van der Waals surface area contributed by atoms with Crippen molar-refractivity contribution in [1.29, 1.82) is 0 Å². The first kappa shape index (κ1) is 17.5. The fourth-order valence-electron chi connectivity index (χ4n) is 2.98. The zero-order valence-corrected chi connectivity index (χ0v) is 14.8. The Morgan fingerprint density at radius 3 is 2.65 bits per heavy atom. The number of halogens is 1. The molecule has 1 spiro atoms. The quantitative estimate of drug-likeness (QED) is 0.343. The molecule has 0 aromatic carbocycles. The summed E-state index contributed by atoms with van der Waals surface area (Å²) in [5.41, 5.74) is 0.568. The van der Waals surface area contributed by atoms with Crippen LogP contribution in [0.4, 0.5) is 0 Å². The lowest BCUT2D eigenvalue weighted by molar-refractivity contribution is -0.140. The van der Waals surface area contributed by atoms with Crippen molar-refractivity contribution in [3.63, 3.8) is 0 Å². The van der Waals surface area contributed by atoms with E-state index in [-0.39, 0.29) is 29.9 Å². The normalized spacial score (nSPS) is 20.3. The van der Waals surface area contributed by atoms with Crippen LogP contribution in [0.3, 0.4) is 0 Å². The number of carbonyl (C=O) groups excluding carboxylic acids is 1. The first-order valence-electron chi connectivity index (χ1n) is 7.29. The second kappa shape index (κ2) is 8.05. The van der Waals surface area contributed by atoms with Crippen molar-refractivity contribution in [3.8, 4) is 0 Å². The van der Waals surface area contributed by atoms with Gasteiger partial charge in [-0.3, -0.25) is 9.79 Å². The Morgan fingerprint density at radius 1 is 1.40 bits per heavy atom. The minimum atomic E-state index is -0.198. The molecule has 0 radical (unpaired) electrons. The van der Waals surface area contributed by atoms with Gasteiger partial charge in [-0.1, -0.05) is 6.42 Å². The highest BCUT2D eigenvalue weighted by atomic mass is 127. The van der Waals surface area contributed by atoms with E-state index in [1.54, 1.807) is 0 Å². The maximum atomic E-state index is 11.1. The molecule has 1 N–H and O–H groups in total. The van der Waals surface area contributed by atoms with E-state index >= 15 is 0 Å². The summed E-state index contributed by atoms with van der Waals surface area (Å²) in [5.74, 6) is 0.756. The van der Waals surface area contributed by atoms with E-state index in [4.69, 9.17) is 0 Å². The third-order valence-electron chi connectivity index (χ3n) is 4.29. The van der Waals surface area contributed by atoms with Gasteiger partial charge in [0.25, 0.3) is 0 Å². The minimum Gasteiger partial charge on any atom is -0.469 e. The number of nitrogens with one attached hydrogen (secondary N) is 1. The average molecular weight is 395 g/mol. The number of esters is 1. The predicted octanol–water partition coefficient (Wildman–Crippen LogP) is 2.01. The molecule has 1 heterocycles. The number of hydrogen-bond donors (Lipinski definition) is 1. The molecule has 1 aliphatic heterocycles. The van der Waals surface area contributed by atoms with Crippen molar-refractivity contribution in [3.05, 3.63) is 0 Å². The van der Waals surface area contributed by atoms with Gasteiger partial charge in [0.2, 0.25) is 0 Å². The molecular weight excluding hydrogens is 369 g/mol. The van der Waals surface area contributed by atoms with Crippen LogP contribution in [0.2, 0.25) is 0 Å². The van der Waals surface area contributed by atoms with Crippen LogP contribution in [0.25, 0.3) is 0 Å². The van der Waals surface area contributed by atoms with Gasteiger partial charge >= 0.3 is 5.97 Å². The van der Waals surface area contributed by atoms with E-state index in [1.807, 2.05) is 0 Å². The number of ether oxygens (including phenoxy) is 1. The van der Waals surface area contributed by atoms with Crippen LogP contribution in [-0.2, 0) is 9.53 Å². The van der Waals surface area contributed by atoms with Crippen LogP contribution in [-0.4, -0.2) is 50.1 Å². The van der Waals surface area contributed by atoms with Crippen molar-refractivity contribution < 1.29 is 9.53 Å². The predicted molar refractivity (Wildman–Crippen MR) is 90.5 cm³/mol. The van der Waals surface area contributed by atoms with Crippen molar-refractivity contribution in [2.45, 2.75) is 39.0 Å². The molecule has 1 saturated carbocycles. The molecular formula is C14H26IN3O2. The Bertz CT molecular complexity index is 356. The van der Waals surface area contributed by atoms with E-state index in [0.717, 1.165) is 25.6 Å². The van der Waals surface area contributed by atoms with Gasteiger partial charge in [-0.05, 0) is 31.6 Å². The van der Waals surface area contributed by atoms with Crippen LogP contribution < -0.4 is 5.32 Å². The molecule has 0 bridgehead atoms. The Morgan fingerprint density at radius 2 is 2.15 bits per heavy atom. The summed E-state index contributed by atoms with van der Waals surface area (Å²) in [6, 6.07) is 0. The number of nitrogens with zero attached hydrogens (tertiary/aromatic N) is 2. The lowest BCUT2D eigenvalue weighted by atomic mass is 9.68. The summed E-state index contributed by atoms with van der Waals surface area (Å²) >= 11 is 0. The lowest BCUT2D eigenvalue weighted by Gasteiger charge is -2.38. The largest absolute Gasteiger partial charge is 0.469 e. The fourth-order valence-corrected chi connectivity index (χ4v) is 2.98. The molecule has 0 atom stereocenters. The van der Waals surface area contributed by atoms with Gasteiger partial charge < -0.3 is 15.0 Å². The highest BCUT2D eigenvalue weighted by Crippen LogP contribution is 2.47. The van der Waals surface area contributed by atoms with Crippen molar-refractivity contribution >= 4 is 35.9 Å². The van der Waals surface area contributed by atoms with Crippen LogP contribution in [0, 0.1) is 5.41 Å². The number of rotatable bonds is 4. The number of likely N-dealkylation sites (tertiary alicyclic amines) is 1. The third kappa shape index (κ3) is 4.23. The molecule has 2 aliphatic rings. The molecule has 0 amide bonds.